The fourth-order valence-corrected chi connectivity index (χ4v) is 1.81. The fourth-order valence-electron chi connectivity index (χ4n) is 1.81. The van der Waals surface area contributed by atoms with Gasteiger partial charge in [-0.05, 0) is 32.3 Å². The van der Waals surface area contributed by atoms with Crippen molar-refractivity contribution in [2.24, 2.45) is 5.84 Å². The minimum absolute atomic E-state index is 0.209. The van der Waals surface area contributed by atoms with Crippen molar-refractivity contribution in [2.75, 3.05) is 0 Å². The molecule has 1 aromatic rings. The van der Waals surface area contributed by atoms with Crippen molar-refractivity contribution < 1.29 is 4.42 Å². The van der Waals surface area contributed by atoms with E-state index in [1.54, 1.807) is 6.26 Å². The van der Waals surface area contributed by atoms with Gasteiger partial charge in [-0.1, -0.05) is 18.9 Å². The standard InChI is InChI=1S/C13H22N2O/c1-3-4-5-6-7-8-13(15-14)12-9-11(2)16-10-12/h3,9-10,13,15H,1,4-8,14H2,2H3. The number of rotatable bonds is 8. The van der Waals surface area contributed by atoms with E-state index in [1.165, 1.54) is 19.3 Å². The van der Waals surface area contributed by atoms with Crippen molar-refractivity contribution in [3.63, 3.8) is 0 Å². The predicted octanol–water partition coefficient (Wildman–Crippen LogP) is 3.23. The second-order valence-corrected chi connectivity index (χ2v) is 4.14. The Bertz CT molecular complexity index is 307. The SMILES string of the molecule is C=CCCCCCC(NN)c1coc(C)c1. The molecule has 0 saturated heterocycles. The molecule has 0 fully saturated rings. The highest BCUT2D eigenvalue weighted by atomic mass is 16.3. The van der Waals surface area contributed by atoms with Crippen LogP contribution < -0.4 is 11.3 Å². The summed E-state index contributed by atoms with van der Waals surface area (Å²) in [6, 6.07) is 2.25. The highest BCUT2D eigenvalue weighted by Crippen LogP contribution is 2.21. The number of allylic oxidation sites excluding steroid dienone is 1. The third-order valence-electron chi connectivity index (χ3n) is 2.76. The topological polar surface area (TPSA) is 51.2 Å². The number of hydrogen-bond acceptors (Lipinski definition) is 3. The van der Waals surface area contributed by atoms with E-state index in [4.69, 9.17) is 10.3 Å². The minimum Gasteiger partial charge on any atom is -0.469 e. The van der Waals surface area contributed by atoms with Gasteiger partial charge < -0.3 is 4.42 Å². The molecule has 1 aromatic heterocycles. The van der Waals surface area contributed by atoms with Crippen LogP contribution in [0.5, 0.6) is 0 Å². The van der Waals surface area contributed by atoms with E-state index >= 15 is 0 Å². The maximum absolute atomic E-state index is 5.55. The lowest BCUT2D eigenvalue weighted by Gasteiger charge is -2.13. The van der Waals surface area contributed by atoms with E-state index in [0.29, 0.717) is 0 Å². The molecule has 0 radical (unpaired) electrons. The summed E-state index contributed by atoms with van der Waals surface area (Å²) in [5.41, 5.74) is 3.98. The second-order valence-electron chi connectivity index (χ2n) is 4.14. The Morgan fingerprint density at radius 3 is 2.88 bits per heavy atom. The van der Waals surface area contributed by atoms with Gasteiger partial charge in [0, 0.05) is 11.6 Å². The first-order chi connectivity index (χ1) is 7.77. The maximum atomic E-state index is 5.55. The van der Waals surface area contributed by atoms with E-state index in [9.17, 15) is 0 Å². The van der Waals surface area contributed by atoms with Crippen LogP contribution >= 0.6 is 0 Å². The molecule has 0 spiro atoms. The van der Waals surface area contributed by atoms with Crippen molar-refractivity contribution >= 4 is 0 Å². The third-order valence-corrected chi connectivity index (χ3v) is 2.76. The van der Waals surface area contributed by atoms with E-state index in [1.807, 2.05) is 19.1 Å². The first-order valence-corrected chi connectivity index (χ1v) is 5.90. The van der Waals surface area contributed by atoms with Crippen LogP contribution in [0.4, 0.5) is 0 Å². The lowest BCUT2D eigenvalue weighted by molar-refractivity contribution is 0.473. The molecular formula is C13H22N2O. The van der Waals surface area contributed by atoms with E-state index in [2.05, 4.69) is 12.0 Å². The largest absolute Gasteiger partial charge is 0.469 e. The summed E-state index contributed by atoms with van der Waals surface area (Å²) < 4.78 is 5.28. The quantitative estimate of drug-likeness (QED) is 0.307. The molecular weight excluding hydrogens is 200 g/mol. The Hall–Kier alpha value is -1.06. The van der Waals surface area contributed by atoms with Gasteiger partial charge in [-0.15, -0.1) is 6.58 Å². The molecule has 0 amide bonds. The zero-order chi connectivity index (χ0) is 11.8. The van der Waals surface area contributed by atoms with E-state index in [0.717, 1.165) is 24.2 Å². The summed E-state index contributed by atoms with van der Waals surface area (Å²) >= 11 is 0. The van der Waals surface area contributed by atoms with Gasteiger partial charge in [0.05, 0.1) is 6.26 Å². The monoisotopic (exact) mass is 222 g/mol. The molecule has 3 heteroatoms. The highest BCUT2D eigenvalue weighted by molar-refractivity contribution is 5.15. The van der Waals surface area contributed by atoms with Crippen LogP contribution in [0.2, 0.25) is 0 Å². The lowest BCUT2D eigenvalue weighted by atomic mass is 10.0. The summed E-state index contributed by atoms with van der Waals surface area (Å²) in [4.78, 5) is 0. The summed E-state index contributed by atoms with van der Waals surface area (Å²) in [7, 11) is 0. The van der Waals surface area contributed by atoms with Gasteiger partial charge in [-0.3, -0.25) is 11.3 Å². The lowest BCUT2D eigenvalue weighted by Crippen LogP contribution is -2.27. The summed E-state index contributed by atoms with van der Waals surface area (Å²) in [6.45, 7) is 5.66. The highest BCUT2D eigenvalue weighted by Gasteiger charge is 2.11. The molecule has 0 aliphatic carbocycles. The molecule has 0 bridgehead atoms. The number of unbranched alkanes of at least 4 members (excludes halogenated alkanes) is 3. The van der Waals surface area contributed by atoms with Crippen molar-refractivity contribution in [3.8, 4) is 0 Å². The number of nitrogens with one attached hydrogen (secondary N) is 1. The molecule has 90 valence electrons. The molecule has 1 rings (SSSR count). The van der Waals surface area contributed by atoms with Crippen LogP contribution in [-0.4, -0.2) is 0 Å². The Morgan fingerprint density at radius 2 is 2.31 bits per heavy atom. The Morgan fingerprint density at radius 1 is 1.50 bits per heavy atom. The summed E-state index contributed by atoms with van der Waals surface area (Å²) in [5.74, 6) is 6.48. The van der Waals surface area contributed by atoms with Gasteiger partial charge in [-0.2, -0.15) is 0 Å². The predicted molar refractivity (Wildman–Crippen MR) is 66.8 cm³/mol. The van der Waals surface area contributed by atoms with Gasteiger partial charge in [0.2, 0.25) is 0 Å². The second kappa shape index (κ2) is 7.25. The smallest absolute Gasteiger partial charge is 0.101 e. The van der Waals surface area contributed by atoms with E-state index in [-0.39, 0.29) is 6.04 Å². The van der Waals surface area contributed by atoms with Crippen molar-refractivity contribution in [1.82, 2.24) is 5.43 Å². The van der Waals surface area contributed by atoms with Crippen LogP contribution in [0.3, 0.4) is 0 Å². The van der Waals surface area contributed by atoms with Crippen LogP contribution in [0.1, 0.15) is 49.5 Å². The Balaban J connectivity index is 2.29. The Kier molecular flexibility index (Phi) is 5.90. The molecule has 1 unspecified atom stereocenters. The van der Waals surface area contributed by atoms with Gasteiger partial charge >= 0.3 is 0 Å². The first-order valence-electron chi connectivity index (χ1n) is 5.90. The van der Waals surface area contributed by atoms with Crippen LogP contribution in [0.25, 0.3) is 0 Å². The Labute approximate surface area is 97.7 Å². The van der Waals surface area contributed by atoms with Gasteiger partial charge in [0.1, 0.15) is 5.76 Å². The molecule has 0 aromatic carbocycles. The number of nitrogens with two attached hydrogens (primary N) is 1. The zero-order valence-corrected chi connectivity index (χ0v) is 10.0. The maximum Gasteiger partial charge on any atom is 0.101 e. The van der Waals surface area contributed by atoms with Crippen LogP contribution in [0.15, 0.2) is 29.4 Å². The fraction of sp³-hybridized carbons (Fsp3) is 0.538. The molecule has 3 N–H and O–H groups in total. The molecule has 0 aliphatic rings. The first kappa shape index (κ1) is 13.0. The average Bonchev–Trinajstić information content (AvgIpc) is 2.70. The summed E-state index contributed by atoms with van der Waals surface area (Å²) in [5, 5.41) is 0. The van der Waals surface area contributed by atoms with Crippen LogP contribution in [0, 0.1) is 6.92 Å². The van der Waals surface area contributed by atoms with Crippen molar-refractivity contribution in [1.29, 1.82) is 0 Å². The minimum atomic E-state index is 0.209. The normalized spacial score (nSPS) is 12.6. The van der Waals surface area contributed by atoms with Crippen molar-refractivity contribution in [2.45, 2.75) is 45.1 Å². The van der Waals surface area contributed by atoms with Gasteiger partial charge in [0.15, 0.2) is 0 Å². The van der Waals surface area contributed by atoms with Crippen molar-refractivity contribution in [3.05, 3.63) is 36.3 Å². The number of furan rings is 1. The van der Waals surface area contributed by atoms with Gasteiger partial charge in [-0.25, -0.2) is 0 Å². The molecule has 16 heavy (non-hydrogen) atoms. The van der Waals surface area contributed by atoms with Gasteiger partial charge in [0.25, 0.3) is 0 Å². The number of aryl methyl sites for hydroxylation is 1. The summed E-state index contributed by atoms with van der Waals surface area (Å²) in [6.07, 6.45) is 9.51. The molecule has 1 heterocycles. The zero-order valence-electron chi connectivity index (χ0n) is 10.0. The molecule has 3 nitrogen and oxygen atoms in total. The molecule has 0 saturated carbocycles. The number of hydrazine groups is 1. The molecule has 0 aliphatic heterocycles. The third kappa shape index (κ3) is 4.21. The number of hydrogen-bond donors (Lipinski definition) is 2. The van der Waals surface area contributed by atoms with E-state index < -0.39 is 0 Å². The average molecular weight is 222 g/mol. The molecule has 1 atom stereocenters. The van der Waals surface area contributed by atoms with Crippen LogP contribution in [-0.2, 0) is 0 Å².